The SMILES string of the molecule is COc1ccc(CNC(=O)NCC2CCN(C3CCCC3)CC2)cc1OC. The summed E-state index contributed by atoms with van der Waals surface area (Å²) < 4.78 is 10.5. The number of nitrogens with zero attached hydrogens (tertiary/aromatic N) is 1. The van der Waals surface area contributed by atoms with Gasteiger partial charge >= 0.3 is 6.03 Å². The molecule has 0 bridgehead atoms. The van der Waals surface area contributed by atoms with Gasteiger partial charge in [0.2, 0.25) is 0 Å². The van der Waals surface area contributed by atoms with Gasteiger partial charge in [-0.15, -0.1) is 0 Å². The lowest BCUT2D eigenvalue weighted by atomic mass is 9.95. The quantitative estimate of drug-likeness (QED) is 0.768. The number of rotatable bonds is 7. The average Bonchev–Trinajstić information content (AvgIpc) is 3.25. The van der Waals surface area contributed by atoms with Crippen molar-refractivity contribution in [1.82, 2.24) is 15.5 Å². The van der Waals surface area contributed by atoms with Gasteiger partial charge in [-0.25, -0.2) is 4.79 Å². The van der Waals surface area contributed by atoms with Gasteiger partial charge in [-0.2, -0.15) is 0 Å². The van der Waals surface area contributed by atoms with Gasteiger partial charge in [0.15, 0.2) is 11.5 Å². The number of benzene rings is 1. The number of carbonyl (C=O) groups excluding carboxylic acids is 1. The van der Waals surface area contributed by atoms with Crippen LogP contribution in [0.25, 0.3) is 0 Å². The van der Waals surface area contributed by atoms with Crippen LogP contribution in [0, 0.1) is 5.92 Å². The van der Waals surface area contributed by atoms with Gasteiger partial charge < -0.3 is 25.0 Å². The molecule has 2 aliphatic rings. The van der Waals surface area contributed by atoms with Crippen LogP contribution in [0.5, 0.6) is 11.5 Å². The van der Waals surface area contributed by atoms with E-state index in [1.54, 1.807) is 14.2 Å². The molecule has 0 radical (unpaired) electrons. The number of amides is 2. The summed E-state index contributed by atoms with van der Waals surface area (Å²) in [5.74, 6) is 1.95. The van der Waals surface area contributed by atoms with Gasteiger partial charge in [0.05, 0.1) is 14.2 Å². The Morgan fingerprint density at radius 3 is 2.41 bits per heavy atom. The molecule has 3 rings (SSSR count). The third kappa shape index (κ3) is 5.51. The molecule has 0 spiro atoms. The minimum absolute atomic E-state index is 0.108. The predicted molar refractivity (Wildman–Crippen MR) is 106 cm³/mol. The van der Waals surface area contributed by atoms with Crippen molar-refractivity contribution < 1.29 is 14.3 Å². The molecule has 0 unspecified atom stereocenters. The van der Waals surface area contributed by atoms with E-state index in [1.165, 1.54) is 51.6 Å². The van der Waals surface area contributed by atoms with Crippen molar-refractivity contribution in [2.24, 2.45) is 5.92 Å². The van der Waals surface area contributed by atoms with Crippen LogP contribution in [0.4, 0.5) is 4.79 Å². The highest BCUT2D eigenvalue weighted by Crippen LogP contribution is 2.28. The molecule has 1 aliphatic carbocycles. The molecule has 150 valence electrons. The first kappa shape index (κ1) is 19.8. The second-order valence-electron chi connectivity index (χ2n) is 7.67. The molecule has 2 amide bonds. The van der Waals surface area contributed by atoms with Crippen LogP contribution in [0.2, 0.25) is 0 Å². The largest absolute Gasteiger partial charge is 0.493 e. The molecule has 6 heteroatoms. The number of urea groups is 1. The lowest BCUT2D eigenvalue weighted by molar-refractivity contribution is 0.133. The number of likely N-dealkylation sites (tertiary alicyclic amines) is 1. The van der Waals surface area contributed by atoms with Crippen molar-refractivity contribution in [3.8, 4) is 11.5 Å². The van der Waals surface area contributed by atoms with Crippen molar-refractivity contribution in [2.45, 2.75) is 51.1 Å². The third-order valence-electron chi connectivity index (χ3n) is 5.94. The monoisotopic (exact) mass is 375 g/mol. The highest BCUT2D eigenvalue weighted by molar-refractivity contribution is 5.73. The molecule has 0 atom stereocenters. The number of piperidine rings is 1. The van der Waals surface area contributed by atoms with E-state index in [4.69, 9.17) is 9.47 Å². The van der Waals surface area contributed by atoms with E-state index in [0.29, 0.717) is 24.0 Å². The molecule has 1 aromatic carbocycles. The lowest BCUT2D eigenvalue weighted by Gasteiger charge is -2.36. The molecule has 2 fully saturated rings. The van der Waals surface area contributed by atoms with E-state index >= 15 is 0 Å². The number of ether oxygens (including phenoxy) is 2. The number of nitrogens with one attached hydrogen (secondary N) is 2. The molecule has 0 aromatic heterocycles. The second kappa shape index (κ2) is 9.83. The molecule has 2 N–H and O–H groups in total. The summed E-state index contributed by atoms with van der Waals surface area (Å²) in [5, 5.41) is 5.96. The van der Waals surface area contributed by atoms with Gasteiger partial charge in [0.25, 0.3) is 0 Å². The van der Waals surface area contributed by atoms with Gasteiger partial charge in [-0.3, -0.25) is 0 Å². The molecular weight excluding hydrogens is 342 g/mol. The maximum Gasteiger partial charge on any atom is 0.315 e. The first-order valence-corrected chi connectivity index (χ1v) is 10.2. The highest BCUT2D eigenvalue weighted by Gasteiger charge is 2.27. The molecule has 6 nitrogen and oxygen atoms in total. The van der Waals surface area contributed by atoms with Crippen LogP contribution < -0.4 is 20.1 Å². The Morgan fingerprint density at radius 1 is 1.04 bits per heavy atom. The van der Waals surface area contributed by atoms with Crippen molar-refractivity contribution in [2.75, 3.05) is 33.9 Å². The molecular formula is C21H33N3O3. The van der Waals surface area contributed by atoms with Crippen molar-refractivity contribution in [1.29, 1.82) is 0 Å². The van der Waals surface area contributed by atoms with Crippen LogP contribution in [-0.4, -0.2) is 50.8 Å². The van der Waals surface area contributed by atoms with E-state index in [1.807, 2.05) is 18.2 Å². The summed E-state index contributed by atoms with van der Waals surface area (Å²) in [7, 11) is 3.22. The number of hydrogen-bond acceptors (Lipinski definition) is 4. The maximum absolute atomic E-state index is 12.1. The summed E-state index contributed by atoms with van der Waals surface area (Å²) in [4.78, 5) is 14.8. The van der Waals surface area contributed by atoms with Crippen molar-refractivity contribution in [3.63, 3.8) is 0 Å². The zero-order chi connectivity index (χ0) is 19.1. The molecule has 1 aliphatic heterocycles. The topological polar surface area (TPSA) is 62.8 Å². The molecule has 27 heavy (non-hydrogen) atoms. The Bertz CT molecular complexity index is 609. The van der Waals surface area contributed by atoms with Crippen LogP contribution >= 0.6 is 0 Å². The summed E-state index contributed by atoms with van der Waals surface area (Å²) in [5.41, 5.74) is 0.979. The fourth-order valence-corrected chi connectivity index (χ4v) is 4.26. The average molecular weight is 376 g/mol. The van der Waals surface area contributed by atoms with Crippen molar-refractivity contribution in [3.05, 3.63) is 23.8 Å². The minimum Gasteiger partial charge on any atom is -0.493 e. The van der Waals surface area contributed by atoms with E-state index < -0.39 is 0 Å². The van der Waals surface area contributed by atoms with Gasteiger partial charge in [0, 0.05) is 19.1 Å². The standard InChI is InChI=1S/C21H33N3O3/c1-26-19-8-7-17(13-20(19)27-2)15-23-21(25)22-14-16-9-11-24(12-10-16)18-5-3-4-6-18/h7-8,13,16,18H,3-6,9-12,14-15H2,1-2H3,(H2,22,23,25). The van der Waals surface area contributed by atoms with E-state index in [-0.39, 0.29) is 6.03 Å². The van der Waals surface area contributed by atoms with E-state index in [2.05, 4.69) is 15.5 Å². The van der Waals surface area contributed by atoms with Crippen LogP contribution in [0.3, 0.4) is 0 Å². The zero-order valence-electron chi connectivity index (χ0n) is 16.6. The van der Waals surface area contributed by atoms with Gasteiger partial charge in [-0.05, 0) is 62.4 Å². The van der Waals surface area contributed by atoms with Crippen molar-refractivity contribution >= 4 is 6.03 Å². The predicted octanol–water partition coefficient (Wildman–Crippen LogP) is 3.16. The fraction of sp³-hybridized carbons (Fsp3) is 0.667. The van der Waals surface area contributed by atoms with E-state index in [9.17, 15) is 4.79 Å². The Labute approximate surface area is 162 Å². The normalized spacial score (nSPS) is 19.0. The van der Waals surface area contributed by atoms with E-state index in [0.717, 1.165) is 18.2 Å². The molecule has 1 aromatic rings. The number of methoxy groups -OCH3 is 2. The third-order valence-corrected chi connectivity index (χ3v) is 5.94. The van der Waals surface area contributed by atoms with Crippen LogP contribution in [0.1, 0.15) is 44.1 Å². The second-order valence-corrected chi connectivity index (χ2v) is 7.67. The first-order valence-electron chi connectivity index (χ1n) is 10.2. The minimum atomic E-state index is -0.108. The summed E-state index contributed by atoms with van der Waals surface area (Å²) in [6.07, 6.45) is 7.92. The summed E-state index contributed by atoms with van der Waals surface area (Å²) >= 11 is 0. The van der Waals surface area contributed by atoms with Crippen LogP contribution in [0.15, 0.2) is 18.2 Å². The number of hydrogen-bond donors (Lipinski definition) is 2. The Balaban J connectivity index is 1.35. The number of carbonyl (C=O) groups is 1. The smallest absolute Gasteiger partial charge is 0.315 e. The highest BCUT2D eigenvalue weighted by atomic mass is 16.5. The molecule has 1 heterocycles. The lowest BCUT2D eigenvalue weighted by Crippen LogP contribution is -2.44. The van der Waals surface area contributed by atoms with Crippen LogP contribution in [-0.2, 0) is 6.54 Å². The Hall–Kier alpha value is -1.95. The Kier molecular flexibility index (Phi) is 7.21. The first-order chi connectivity index (χ1) is 13.2. The maximum atomic E-state index is 12.1. The van der Waals surface area contributed by atoms with Gasteiger partial charge in [0.1, 0.15) is 0 Å². The molecule has 1 saturated heterocycles. The summed E-state index contributed by atoms with van der Waals surface area (Å²) in [6, 6.07) is 6.39. The van der Waals surface area contributed by atoms with Gasteiger partial charge in [-0.1, -0.05) is 18.9 Å². The molecule has 1 saturated carbocycles. The zero-order valence-corrected chi connectivity index (χ0v) is 16.6. The fourth-order valence-electron chi connectivity index (χ4n) is 4.26. The Morgan fingerprint density at radius 2 is 1.74 bits per heavy atom. The summed E-state index contributed by atoms with van der Waals surface area (Å²) in [6.45, 7) is 3.59.